The first kappa shape index (κ1) is 10.7. The van der Waals surface area contributed by atoms with Crippen molar-refractivity contribution in [3.63, 3.8) is 0 Å². The molecule has 0 aromatic heterocycles. The van der Waals surface area contributed by atoms with Crippen LogP contribution in [0, 0.1) is 0 Å². The lowest BCUT2D eigenvalue weighted by atomic mass is 10.1. The Labute approximate surface area is 91.2 Å². The van der Waals surface area contributed by atoms with Gasteiger partial charge in [-0.2, -0.15) is 0 Å². The van der Waals surface area contributed by atoms with Crippen LogP contribution >= 0.6 is 0 Å². The van der Waals surface area contributed by atoms with Crippen LogP contribution < -0.4 is 0 Å². The first-order valence-corrected chi connectivity index (χ1v) is 5.65. The third-order valence-electron chi connectivity index (χ3n) is 2.84. The molecule has 2 nitrogen and oxygen atoms in total. The largest absolute Gasteiger partial charge is 0.346 e. The molecule has 82 valence electrons. The minimum Gasteiger partial charge on any atom is -0.346 e. The van der Waals surface area contributed by atoms with Crippen molar-refractivity contribution >= 4 is 0 Å². The molecule has 1 aromatic carbocycles. The molecular weight excluding hydrogens is 188 g/mol. The molecule has 2 rings (SSSR count). The molecule has 1 fully saturated rings. The highest BCUT2D eigenvalue weighted by atomic mass is 16.7. The lowest BCUT2D eigenvalue weighted by Crippen LogP contribution is -2.31. The summed E-state index contributed by atoms with van der Waals surface area (Å²) < 4.78 is 11.7. The summed E-state index contributed by atoms with van der Waals surface area (Å²) in [5, 5.41) is 0. The van der Waals surface area contributed by atoms with Gasteiger partial charge in [0.05, 0.1) is 13.2 Å². The summed E-state index contributed by atoms with van der Waals surface area (Å²) in [7, 11) is 0. The molecule has 2 heteroatoms. The van der Waals surface area contributed by atoms with Gasteiger partial charge in [0.15, 0.2) is 5.79 Å². The zero-order valence-corrected chi connectivity index (χ0v) is 9.24. The molecule has 1 heterocycles. The summed E-state index contributed by atoms with van der Waals surface area (Å²) in [5.74, 6) is -0.554. The van der Waals surface area contributed by atoms with Gasteiger partial charge >= 0.3 is 0 Å². The van der Waals surface area contributed by atoms with Crippen molar-refractivity contribution in [1.82, 2.24) is 0 Å². The van der Waals surface area contributed by atoms with E-state index in [1.807, 2.05) is 25.1 Å². The average molecular weight is 206 g/mol. The number of benzene rings is 1. The van der Waals surface area contributed by atoms with Crippen LogP contribution in [-0.4, -0.2) is 13.2 Å². The molecule has 0 saturated carbocycles. The van der Waals surface area contributed by atoms with E-state index in [1.54, 1.807) is 0 Å². The van der Waals surface area contributed by atoms with Gasteiger partial charge in [-0.1, -0.05) is 30.3 Å². The van der Waals surface area contributed by atoms with Gasteiger partial charge in [0.1, 0.15) is 0 Å². The second kappa shape index (κ2) is 4.77. The fourth-order valence-electron chi connectivity index (χ4n) is 1.86. The second-order valence-electron chi connectivity index (χ2n) is 4.07. The van der Waals surface area contributed by atoms with E-state index in [4.69, 9.17) is 9.47 Å². The van der Waals surface area contributed by atoms with E-state index in [2.05, 4.69) is 12.1 Å². The first-order chi connectivity index (χ1) is 7.31. The summed E-state index contributed by atoms with van der Waals surface area (Å²) in [6, 6.07) is 10.2. The SMILES string of the molecule is CC1(c2ccccc2)OCCCCCO1. The molecule has 1 aliphatic rings. The van der Waals surface area contributed by atoms with Crippen LogP contribution in [0.15, 0.2) is 30.3 Å². The normalized spacial score (nSPS) is 21.7. The van der Waals surface area contributed by atoms with E-state index < -0.39 is 5.79 Å². The Balaban J connectivity index is 2.15. The van der Waals surface area contributed by atoms with E-state index in [9.17, 15) is 0 Å². The number of ether oxygens (including phenoxy) is 2. The maximum atomic E-state index is 5.83. The van der Waals surface area contributed by atoms with Crippen LogP contribution in [0.3, 0.4) is 0 Å². The summed E-state index contributed by atoms with van der Waals surface area (Å²) in [4.78, 5) is 0. The van der Waals surface area contributed by atoms with E-state index in [1.165, 1.54) is 6.42 Å². The van der Waals surface area contributed by atoms with Gasteiger partial charge in [-0.3, -0.25) is 0 Å². The van der Waals surface area contributed by atoms with Crippen LogP contribution in [0.2, 0.25) is 0 Å². The fourth-order valence-corrected chi connectivity index (χ4v) is 1.86. The van der Waals surface area contributed by atoms with Crippen molar-refractivity contribution in [3.05, 3.63) is 35.9 Å². The van der Waals surface area contributed by atoms with Gasteiger partial charge in [0, 0.05) is 5.56 Å². The maximum Gasteiger partial charge on any atom is 0.191 e. The lowest BCUT2D eigenvalue weighted by Gasteiger charge is -2.32. The van der Waals surface area contributed by atoms with Crippen LogP contribution in [0.1, 0.15) is 31.7 Å². The summed E-state index contributed by atoms with van der Waals surface area (Å²) in [6.07, 6.45) is 3.46. The quantitative estimate of drug-likeness (QED) is 0.703. The molecule has 0 radical (unpaired) electrons. The summed E-state index contributed by atoms with van der Waals surface area (Å²) >= 11 is 0. The second-order valence-corrected chi connectivity index (χ2v) is 4.07. The minimum atomic E-state index is -0.554. The summed E-state index contributed by atoms with van der Waals surface area (Å²) in [6.45, 7) is 3.57. The predicted molar refractivity (Wildman–Crippen MR) is 59.5 cm³/mol. The third kappa shape index (κ3) is 2.58. The molecule has 0 aliphatic carbocycles. The molecule has 1 aromatic rings. The van der Waals surface area contributed by atoms with E-state index in [-0.39, 0.29) is 0 Å². The minimum absolute atomic E-state index is 0.554. The third-order valence-corrected chi connectivity index (χ3v) is 2.84. The van der Waals surface area contributed by atoms with Crippen LogP contribution in [0.4, 0.5) is 0 Å². The molecule has 0 atom stereocenters. The Morgan fingerprint density at radius 3 is 2.13 bits per heavy atom. The molecular formula is C13H18O2. The van der Waals surface area contributed by atoms with Gasteiger partial charge in [-0.05, 0) is 26.2 Å². The van der Waals surface area contributed by atoms with Crippen LogP contribution in [0.5, 0.6) is 0 Å². The summed E-state index contributed by atoms with van der Waals surface area (Å²) in [5.41, 5.74) is 1.10. The number of hydrogen-bond donors (Lipinski definition) is 0. The molecule has 15 heavy (non-hydrogen) atoms. The van der Waals surface area contributed by atoms with E-state index in [0.29, 0.717) is 0 Å². The smallest absolute Gasteiger partial charge is 0.191 e. The van der Waals surface area contributed by atoms with E-state index >= 15 is 0 Å². The Morgan fingerprint density at radius 1 is 0.933 bits per heavy atom. The molecule has 1 saturated heterocycles. The lowest BCUT2D eigenvalue weighted by molar-refractivity contribution is -0.241. The first-order valence-electron chi connectivity index (χ1n) is 5.65. The van der Waals surface area contributed by atoms with E-state index in [0.717, 1.165) is 31.6 Å². The Hall–Kier alpha value is -0.860. The number of hydrogen-bond acceptors (Lipinski definition) is 2. The fraction of sp³-hybridized carbons (Fsp3) is 0.538. The van der Waals surface area contributed by atoms with Crippen molar-refractivity contribution in [2.45, 2.75) is 32.0 Å². The van der Waals surface area contributed by atoms with Gasteiger partial charge in [0.2, 0.25) is 0 Å². The maximum absolute atomic E-state index is 5.83. The van der Waals surface area contributed by atoms with Gasteiger partial charge in [-0.25, -0.2) is 0 Å². The number of rotatable bonds is 1. The van der Waals surface area contributed by atoms with Crippen molar-refractivity contribution in [2.75, 3.05) is 13.2 Å². The zero-order valence-electron chi connectivity index (χ0n) is 9.24. The standard InChI is InChI=1S/C13H18O2/c1-13(12-8-4-2-5-9-12)14-10-6-3-7-11-15-13/h2,4-5,8-9H,3,6-7,10-11H2,1H3. The monoisotopic (exact) mass is 206 g/mol. The Morgan fingerprint density at radius 2 is 1.53 bits per heavy atom. The molecule has 0 N–H and O–H groups in total. The molecule has 0 amide bonds. The molecule has 0 bridgehead atoms. The van der Waals surface area contributed by atoms with Crippen molar-refractivity contribution in [1.29, 1.82) is 0 Å². The zero-order chi connectivity index (χ0) is 10.6. The van der Waals surface area contributed by atoms with Crippen molar-refractivity contribution < 1.29 is 9.47 Å². The predicted octanol–water partition coefficient (Wildman–Crippen LogP) is 3.08. The Bertz CT molecular complexity index is 287. The highest BCUT2D eigenvalue weighted by Crippen LogP contribution is 2.28. The molecule has 1 aliphatic heterocycles. The van der Waals surface area contributed by atoms with Gasteiger partial charge in [-0.15, -0.1) is 0 Å². The highest BCUT2D eigenvalue weighted by Gasteiger charge is 2.28. The van der Waals surface area contributed by atoms with Crippen LogP contribution in [0.25, 0.3) is 0 Å². The van der Waals surface area contributed by atoms with Crippen molar-refractivity contribution in [2.24, 2.45) is 0 Å². The van der Waals surface area contributed by atoms with Crippen LogP contribution in [-0.2, 0) is 15.3 Å². The van der Waals surface area contributed by atoms with Crippen molar-refractivity contribution in [3.8, 4) is 0 Å². The highest BCUT2D eigenvalue weighted by molar-refractivity contribution is 5.19. The topological polar surface area (TPSA) is 18.5 Å². The Kier molecular flexibility index (Phi) is 3.39. The van der Waals surface area contributed by atoms with Gasteiger partial charge < -0.3 is 9.47 Å². The molecule has 0 spiro atoms. The molecule has 0 unspecified atom stereocenters. The average Bonchev–Trinajstić information content (AvgIpc) is 2.25. The van der Waals surface area contributed by atoms with Gasteiger partial charge in [0.25, 0.3) is 0 Å².